The van der Waals surface area contributed by atoms with Gasteiger partial charge in [-0.25, -0.2) is 4.99 Å². The lowest BCUT2D eigenvalue weighted by Gasteiger charge is -2.37. The van der Waals surface area contributed by atoms with Crippen molar-refractivity contribution in [2.24, 2.45) is 16.8 Å². The molecule has 19 heavy (non-hydrogen) atoms. The van der Waals surface area contributed by atoms with E-state index in [4.69, 9.17) is 9.84 Å². The van der Waals surface area contributed by atoms with Gasteiger partial charge in [-0.1, -0.05) is 6.92 Å². The Morgan fingerprint density at radius 2 is 2.16 bits per heavy atom. The predicted octanol–water partition coefficient (Wildman–Crippen LogP) is 0.271. The molecule has 2 aliphatic rings. The number of alkyl halides is 3. The molecule has 0 amide bonds. The van der Waals surface area contributed by atoms with Crippen molar-refractivity contribution >= 4 is 6.02 Å². The van der Waals surface area contributed by atoms with Crippen LogP contribution in [0.5, 0.6) is 0 Å². The van der Waals surface area contributed by atoms with E-state index in [9.17, 15) is 18.3 Å². The number of ether oxygens (including phenoxy) is 1. The number of aliphatic imine (C=N–C) groups is 1. The summed E-state index contributed by atoms with van der Waals surface area (Å²) in [5, 5.41) is 21.2. The molecule has 1 aliphatic carbocycles. The van der Waals surface area contributed by atoms with Crippen molar-refractivity contribution < 1.29 is 28.1 Å². The quantitative estimate of drug-likeness (QED) is 0.680. The average Bonchev–Trinajstić information content (AvgIpc) is 2.73. The van der Waals surface area contributed by atoms with Crippen LogP contribution in [-0.2, 0) is 4.74 Å². The first-order valence-electron chi connectivity index (χ1n) is 6.16. The lowest BCUT2D eigenvalue weighted by molar-refractivity contribution is -0.122. The van der Waals surface area contributed by atoms with Crippen LogP contribution >= 0.6 is 0 Å². The van der Waals surface area contributed by atoms with Crippen molar-refractivity contribution in [3.8, 4) is 0 Å². The summed E-state index contributed by atoms with van der Waals surface area (Å²) in [7, 11) is 0. The number of hydrogen-bond donors (Lipinski definition) is 3. The molecule has 0 aromatic heterocycles. The molecule has 0 aromatic rings. The van der Waals surface area contributed by atoms with Crippen LogP contribution in [0.2, 0.25) is 0 Å². The van der Waals surface area contributed by atoms with E-state index in [1.165, 1.54) is 0 Å². The second-order valence-corrected chi connectivity index (χ2v) is 5.08. The predicted molar refractivity (Wildman–Crippen MR) is 60.5 cm³/mol. The zero-order chi connectivity index (χ0) is 14.2. The Bertz CT molecular complexity index is 362. The summed E-state index contributed by atoms with van der Waals surface area (Å²) in [5.41, 5.74) is 0. The van der Waals surface area contributed by atoms with Crippen LogP contribution in [0.4, 0.5) is 13.2 Å². The summed E-state index contributed by atoms with van der Waals surface area (Å²) < 4.78 is 41.6. The van der Waals surface area contributed by atoms with Gasteiger partial charge in [0.2, 0.25) is 0 Å². The Kier molecular flexibility index (Phi) is 3.91. The fourth-order valence-electron chi connectivity index (χ4n) is 2.62. The molecular formula is C11H17F3N2O3. The number of nitrogens with one attached hydrogen (secondary N) is 1. The molecule has 110 valence electrons. The van der Waals surface area contributed by atoms with Gasteiger partial charge >= 0.3 is 6.18 Å². The maximum absolute atomic E-state index is 12.1. The van der Waals surface area contributed by atoms with Gasteiger partial charge in [-0.2, -0.15) is 13.2 Å². The van der Waals surface area contributed by atoms with Crippen LogP contribution < -0.4 is 5.32 Å². The average molecular weight is 282 g/mol. The van der Waals surface area contributed by atoms with Crippen LogP contribution in [0.1, 0.15) is 13.3 Å². The minimum Gasteiger partial charge on any atom is -0.460 e. The standard InChI is InChI=1S/C11H17F3N2O3/c1-5-8-7(2-6(3-17)9(5)18)19-10(16-8)15-4-11(12,13)14/h5-9,17-18H,2-4H2,1H3,(H,15,16)/t5-,6-,7+,8-,9+/m1/s1. The second-order valence-electron chi connectivity index (χ2n) is 5.08. The molecule has 5 nitrogen and oxygen atoms in total. The number of halogens is 3. The van der Waals surface area contributed by atoms with Gasteiger partial charge in [-0.3, -0.25) is 0 Å². The van der Waals surface area contributed by atoms with Gasteiger partial charge < -0.3 is 20.3 Å². The molecule has 8 heteroatoms. The third-order valence-corrected chi connectivity index (χ3v) is 3.68. The van der Waals surface area contributed by atoms with E-state index in [0.29, 0.717) is 6.42 Å². The van der Waals surface area contributed by atoms with E-state index in [-0.39, 0.29) is 36.6 Å². The summed E-state index contributed by atoms with van der Waals surface area (Å²) >= 11 is 0. The van der Waals surface area contributed by atoms with Crippen LogP contribution in [0, 0.1) is 11.8 Å². The highest BCUT2D eigenvalue weighted by Crippen LogP contribution is 2.36. The Balaban J connectivity index is 1.99. The molecule has 0 unspecified atom stereocenters. The smallest absolute Gasteiger partial charge is 0.405 e. The van der Waals surface area contributed by atoms with Crippen molar-refractivity contribution in [1.82, 2.24) is 5.32 Å². The number of nitrogens with zero attached hydrogens (tertiary/aromatic N) is 1. The first kappa shape index (κ1) is 14.4. The lowest BCUT2D eigenvalue weighted by Crippen LogP contribution is -2.47. The first-order valence-corrected chi connectivity index (χ1v) is 6.16. The normalized spacial score (nSPS) is 38.4. The topological polar surface area (TPSA) is 74.1 Å². The molecule has 0 bridgehead atoms. The number of aliphatic hydroxyl groups excluding tert-OH is 2. The fourth-order valence-corrected chi connectivity index (χ4v) is 2.62. The van der Waals surface area contributed by atoms with Gasteiger partial charge in [0.25, 0.3) is 6.02 Å². The molecule has 0 saturated heterocycles. The Labute approximate surface area is 108 Å². The molecule has 0 spiro atoms. The number of rotatable bonds is 2. The third-order valence-electron chi connectivity index (χ3n) is 3.68. The van der Waals surface area contributed by atoms with Gasteiger partial charge in [0.05, 0.1) is 12.1 Å². The highest BCUT2D eigenvalue weighted by Gasteiger charge is 2.46. The van der Waals surface area contributed by atoms with E-state index in [0.717, 1.165) is 0 Å². The third kappa shape index (κ3) is 3.11. The molecule has 1 saturated carbocycles. The lowest BCUT2D eigenvalue weighted by atomic mass is 9.75. The summed E-state index contributed by atoms with van der Waals surface area (Å²) in [6.45, 7) is 0.374. The molecule has 3 N–H and O–H groups in total. The van der Waals surface area contributed by atoms with Gasteiger partial charge in [-0.05, 0) is 6.42 Å². The van der Waals surface area contributed by atoms with Crippen molar-refractivity contribution in [3.05, 3.63) is 0 Å². The Morgan fingerprint density at radius 1 is 1.47 bits per heavy atom. The number of hydrogen-bond acceptors (Lipinski definition) is 5. The first-order chi connectivity index (χ1) is 8.81. The van der Waals surface area contributed by atoms with Crippen LogP contribution in [0.25, 0.3) is 0 Å². The monoisotopic (exact) mass is 282 g/mol. The van der Waals surface area contributed by atoms with E-state index < -0.39 is 18.8 Å². The minimum absolute atomic E-state index is 0.134. The summed E-state index contributed by atoms with van der Waals surface area (Å²) in [6, 6.07) is -0.501. The van der Waals surface area contributed by atoms with Crippen molar-refractivity contribution in [3.63, 3.8) is 0 Å². The van der Waals surface area contributed by atoms with Gasteiger partial charge in [0.15, 0.2) is 0 Å². The maximum atomic E-state index is 12.1. The molecule has 0 radical (unpaired) electrons. The molecule has 2 rings (SSSR count). The fraction of sp³-hybridized carbons (Fsp3) is 0.909. The van der Waals surface area contributed by atoms with Gasteiger partial charge in [0.1, 0.15) is 12.6 Å². The summed E-state index contributed by atoms with van der Waals surface area (Å²) in [6.07, 6.45) is -5.06. The van der Waals surface area contributed by atoms with E-state index in [1.807, 2.05) is 0 Å². The molecule has 1 heterocycles. The van der Waals surface area contributed by atoms with E-state index in [2.05, 4.69) is 10.3 Å². The highest BCUT2D eigenvalue weighted by molar-refractivity contribution is 5.75. The summed E-state index contributed by atoms with van der Waals surface area (Å²) in [4.78, 5) is 4.05. The van der Waals surface area contributed by atoms with Gasteiger partial charge in [-0.15, -0.1) is 0 Å². The van der Waals surface area contributed by atoms with Crippen LogP contribution in [0.3, 0.4) is 0 Å². The van der Waals surface area contributed by atoms with Gasteiger partial charge in [0, 0.05) is 18.4 Å². The molecule has 0 aromatic carbocycles. The minimum atomic E-state index is -4.33. The number of amidine groups is 1. The zero-order valence-corrected chi connectivity index (χ0v) is 10.4. The van der Waals surface area contributed by atoms with Crippen LogP contribution in [0.15, 0.2) is 4.99 Å². The number of fused-ring (bicyclic) bond motifs is 1. The molecule has 1 fully saturated rings. The summed E-state index contributed by atoms with van der Waals surface area (Å²) in [5.74, 6) is -0.588. The molecular weight excluding hydrogens is 265 g/mol. The highest BCUT2D eigenvalue weighted by atomic mass is 19.4. The molecule has 1 aliphatic heterocycles. The number of aliphatic hydroxyl groups is 2. The largest absolute Gasteiger partial charge is 0.460 e. The molecule has 5 atom stereocenters. The Morgan fingerprint density at radius 3 is 2.74 bits per heavy atom. The van der Waals surface area contributed by atoms with Crippen molar-refractivity contribution in [1.29, 1.82) is 0 Å². The Hall–Kier alpha value is -1.02. The zero-order valence-electron chi connectivity index (χ0n) is 10.4. The maximum Gasteiger partial charge on any atom is 0.405 e. The van der Waals surface area contributed by atoms with Crippen molar-refractivity contribution in [2.45, 2.75) is 37.8 Å². The SMILES string of the molecule is C[C@H]1[C@H](O)[C@@H](CO)C[C@@H]2OC(NCC(F)(F)F)=N[C@H]12. The van der Waals surface area contributed by atoms with Crippen molar-refractivity contribution in [2.75, 3.05) is 13.2 Å². The second kappa shape index (κ2) is 5.16. The van der Waals surface area contributed by atoms with Crippen LogP contribution in [-0.4, -0.2) is 53.8 Å². The van der Waals surface area contributed by atoms with E-state index in [1.54, 1.807) is 6.92 Å². The van der Waals surface area contributed by atoms with E-state index >= 15 is 0 Å².